The lowest BCUT2D eigenvalue weighted by Gasteiger charge is -2.12. The van der Waals surface area contributed by atoms with Crippen molar-refractivity contribution in [2.45, 2.75) is 19.6 Å². The minimum absolute atomic E-state index is 0.0535. The first-order valence-electron chi connectivity index (χ1n) is 9.88. The average Bonchev–Trinajstić information content (AvgIpc) is 3.22. The first-order valence-corrected chi connectivity index (χ1v) is 9.88. The van der Waals surface area contributed by atoms with Crippen molar-refractivity contribution in [1.29, 1.82) is 0 Å². The van der Waals surface area contributed by atoms with E-state index in [0.717, 1.165) is 17.8 Å². The van der Waals surface area contributed by atoms with Crippen LogP contribution in [0.2, 0.25) is 0 Å². The number of carbonyl (C=O) groups is 1. The van der Waals surface area contributed by atoms with Crippen molar-refractivity contribution < 1.29 is 22.7 Å². The summed E-state index contributed by atoms with van der Waals surface area (Å²) in [5.74, 6) is 0.0381. The van der Waals surface area contributed by atoms with E-state index in [1.54, 1.807) is 42.5 Å². The third kappa shape index (κ3) is 4.27. The van der Waals surface area contributed by atoms with Crippen LogP contribution in [0.25, 0.3) is 16.9 Å². The summed E-state index contributed by atoms with van der Waals surface area (Å²) in [7, 11) is 0. The number of benzene rings is 2. The maximum Gasteiger partial charge on any atom is 0.433 e. The van der Waals surface area contributed by atoms with Gasteiger partial charge in [0, 0.05) is 17.7 Å². The van der Waals surface area contributed by atoms with E-state index in [9.17, 15) is 18.0 Å². The van der Waals surface area contributed by atoms with Gasteiger partial charge in [0.2, 0.25) is 0 Å². The van der Waals surface area contributed by atoms with Gasteiger partial charge in [0.05, 0.1) is 18.5 Å². The SMILES string of the molecule is CCOc1ccccc1CNC(=O)c1cnn2c(C(F)(F)F)cc(-c3ccccc3)nc12. The largest absolute Gasteiger partial charge is 0.494 e. The van der Waals surface area contributed by atoms with Crippen molar-refractivity contribution in [3.63, 3.8) is 0 Å². The van der Waals surface area contributed by atoms with Crippen LogP contribution in [0.4, 0.5) is 13.2 Å². The number of amides is 1. The Bertz CT molecular complexity index is 1250. The molecule has 6 nitrogen and oxygen atoms in total. The Morgan fingerprint density at radius 2 is 1.81 bits per heavy atom. The quantitative estimate of drug-likeness (QED) is 0.470. The summed E-state index contributed by atoms with van der Waals surface area (Å²) >= 11 is 0. The van der Waals surface area contributed by atoms with E-state index in [1.165, 1.54) is 0 Å². The number of carbonyl (C=O) groups excluding carboxylic acids is 1. The van der Waals surface area contributed by atoms with Gasteiger partial charge in [0.25, 0.3) is 5.91 Å². The number of ether oxygens (including phenoxy) is 1. The lowest BCUT2D eigenvalue weighted by molar-refractivity contribution is -0.142. The zero-order valence-electron chi connectivity index (χ0n) is 17.1. The molecule has 0 saturated heterocycles. The highest BCUT2D eigenvalue weighted by Crippen LogP contribution is 2.32. The molecule has 0 atom stereocenters. The number of hydrogen-bond donors (Lipinski definition) is 1. The molecular formula is C23H19F3N4O2. The molecule has 0 spiro atoms. The molecule has 0 fully saturated rings. The Kier molecular flexibility index (Phi) is 5.81. The Morgan fingerprint density at radius 1 is 1.09 bits per heavy atom. The topological polar surface area (TPSA) is 68.5 Å². The van der Waals surface area contributed by atoms with Crippen LogP contribution >= 0.6 is 0 Å². The molecule has 0 saturated carbocycles. The normalized spacial score (nSPS) is 11.5. The molecule has 2 heterocycles. The molecule has 0 unspecified atom stereocenters. The van der Waals surface area contributed by atoms with Crippen LogP contribution < -0.4 is 10.1 Å². The summed E-state index contributed by atoms with van der Waals surface area (Å²) in [6, 6.07) is 16.6. The first kappa shape index (κ1) is 21.4. The molecule has 0 radical (unpaired) electrons. The Balaban J connectivity index is 1.71. The number of alkyl halides is 3. The van der Waals surface area contributed by atoms with Gasteiger partial charge < -0.3 is 10.1 Å². The highest BCUT2D eigenvalue weighted by Gasteiger charge is 2.36. The number of para-hydroxylation sites is 1. The van der Waals surface area contributed by atoms with Crippen molar-refractivity contribution in [2.24, 2.45) is 0 Å². The van der Waals surface area contributed by atoms with Gasteiger partial charge in [-0.05, 0) is 19.1 Å². The molecule has 1 amide bonds. The van der Waals surface area contributed by atoms with Crippen molar-refractivity contribution in [3.8, 4) is 17.0 Å². The van der Waals surface area contributed by atoms with Crippen LogP contribution in [0.5, 0.6) is 5.75 Å². The van der Waals surface area contributed by atoms with Crippen LogP contribution in [0.1, 0.15) is 28.5 Å². The summed E-state index contributed by atoms with van der Waals surface area (Å²) in [6.45, 7) is 2.45. The van der Waals surface area contributed by atoms with E-state index < -0.39 is 17.8 Å². The highest BCUT2D eigenvalue weighted by atomic mass is 19.4. The van der Waals surface area contributed by atoms with Crippen LogP contribution in [0.3, 0.4) is 0 Å². The van der Waals surface area contributed by atoms with E-state index >= 15 is 0 Å². The predicted octanol–water partition coefficient (Wildman–Crippen LogP) is 4.74. The summed E-state index contributed by atoms with van der Waals surface area (Å²) in [4.78, 5) is 17.2. The maximum atomic E-state index is 13.7. The highest BCUT2D eigenvalue weighted by molar-refractivity contribution is 5.99. The fraction of sp³-hybridized carbons (Fsp3) is 0.174. The summed E-state index contributed by atoms with van der Waals surface area (Å²) in [5.41, 5.74) is 0.104. The van der Waals surface area contributed by atoms with Gasteiger partial charge in [-0.2, -0.15) is 18.3 Å². The lowest BCUT2D eigenvalue weighted by Crippen LogP contribution is -2.23. The number of aromatic nitrogens is 3. The van der Waals surface area contributed by atoms with Crippen LogP contribution in [-0.2, 0) is 12.7 Å². The van der Waals surface area contributed by atoms with Crippen molar-refractivity contribution in [3.05, 3.63) is 83.7 Å². The molecule has 1 N–H and O–H groups in total. The van der Waals surface area contributed by atoms with E-state index in [1.807, 2.05) is 19.1 Å². The molecule has 0 bridgehead atoms. The van der Waals surface area contributed by atoms with Crippen LogP contribution in [0.15, 0.2) is 66.9 Å². The van der Waals surface area contributed by atoms with Gasteiger partial charge in [-0.15, -0.1) is 0 Å². The number of nitrogens with one attached hydrogen (secondary N) is 1. The molecule has 9 heteroatoms. The molecule has 32 heavy (non-hydrogen) atoms. The van der Waals surface area contributed by atoms with Gasteiger partial charge in [-0.3, -0.25) is 4.79 Å². The standard InChI is InChI=1S/C23H19F3N4O2/c1-2-32-19-11-7-6-10-16(19)13-27-22(31)17-14-28-30-20(23(24,25)26)12-18(29-21(17)30)15-8-4-3-5-9-15/h3-12,14H,2,13H2,1H3,(H,27,31). The van der Waals surface area contributed by atoms with Gasteiger partial charge in [-0.25, -0.2) is 9.50 Å². The first-order chi connectivity index (χ1) is 15.4. The van der Waals surface area contributed by atoms with Gasteiger partial charge in [0.1, 0.15) is 11.3 Å². The summed E-state index contributed by atoms with van der Waals surface area (Å²) in [6.07, 6.45) is -3.59. The predicted molar refractivity (Wildman–Crippen MR) is 112 cm³/mol. The van der Waals surface area contributed by atoms with Crippen molar-refractivity contribution in [1.82, 2.24) is 19.9 Å². The molecule has 2 aromatic carbocycles. The zero-order chi connectivity index (χ0) is 22.7. The molecule has 4 aromatic rings. The van der Waals surface area contributed by atoms with Crippen molar-refractivity contribution >= 4 is 11.6 Å². The zero-order valence-corrected chi connectivity index (χ0v) is 17.1. The Morgan fingerprint density at radius 3 is 2.53 bits per heavy atom. The Labute approximate surface area is 181 Å². The van der Waals surface area contributed by atoms with E-state index in [0.29, 0.717) is 22.4 Å². The smallest absolute Gasteiger partial charge is 0.433 e. The van der Waals surface area contributed by atoms with Crippen molar-refractivity contribution in [2.75, 3.05) is 6.61 Å². The molecule has 0 aliphatic carbocycles. The number of halogens is 3. The molecular weight excluding hydrogens is 421 g/mol. The van der Waals surface area contributed by atoms with Crippen LogP contribution in [0, 0.1) is 0 Å². The van der Waals surface area contributed by atoms with E-state index in [4.69, 9.17) is 4.74 Å². The van der Waals surface area contributed by atoms with Gasteiger partial charge in [0.15, 0.2) is 11.3 Å². The molecule has 2 aromatic heterocycles. The third-order valence-corrected chi connectivity index (χ3v) is 4.79. The fourth-order valence-electron chi connectivity index (χ4n) is 3.30. The minimum atomic E-state index is -4.68. The summed E-state index contributed by atoms with van der Waals surface area (Å²) in [5, 5.41) is 6.51. The number of nitrogens with zero attached hydrogens (tertiary/aromatic N) is 3. The third-order valence-electron chi connectivity index (χ3n) is 4.79. The lowest BCUT2D eigenvalue weighted by atomic mass is 10.1. The average molecular weight is 440 g/mol. The molecule has 4 rings (SSSR count). The van der Waals surface area contributed by atoms with E-state index in [-0.39, 0.29) is 23.4 Å². The molecule has 0 aliphatic heterocycles. The van der Waals surface area contributed by atoms with Gasteiger partial charge >= 0.3 is 6.18 Å². The van der Waals surface area contributed by atoms with Gasteiger partial charge in [-0.1, -0.05) is 48.5 Å². The number of hydrogen-bond acceptors (Lipinski definition) is 4. The second kappa shape index (κ2) is 8.70. The summed E-state index contributed by atoms with van der Waals surface area (Å²) < 4.78 is 47.3. The second-order valence-electron chi connectivity index (χ2n) is 6.91. The minimum Gasteiger partial charge on any atom is -0.494 e. The van der Waals surface area contributed by atoms with Crippen LogP contribution in [-0.4, -0.2) is 27.1 Å². The number of fused-ring (bicyclic) bond motifs is 1. The monoisotopic (exact) mass is 440 g/mol. The molecule has 164 valence electrons. The Hall–Kier alpha value is -3.88. The number of rotatable bonds is 6. The maximum absolute atomic E-state index is 13.7. The second-order valence-corrected chi connectivity index (χ2v) is 6.91. The fourth-order valence-corrected chi connectivity index (χ4v) is 3.30. The van der Waals surface area contributed by atoms with E-state index in [2.05, 4.69) is 15.4 Å². The molecule has 0 aliphatic rings.